The normalized spacial score (nSPS) is 18.5. The molecular weight excluding hydrogens is 1050 g/mol. The summed E-state index contributed by atoms with van der Waals surface area (Å²) in [5.41, 5.74) is 0.502. The Bertz CT molecular complexity index is 2590. The molecule has 3 unspecified atom stereocenters. The van der Waals surface area contributed by atoms with Crippen molar-refractivity contribution in [3.8, 4) is 0 Å². The number of nitrogens with one attached hydrogen (secondary N) is 2. The summed E-state index contributed by atoms with van der Waals surface area (Å²) in [6.07, 6.45) is 4.84. The largest absolute Gasteiger partial charge is 0.475 e. The molecule has 7 rings (SSSR count). The molecule has 0 bridgehead atoms. The van der Waals surface area contributed by atoms with Gasteiger partial charge in [0.15, 0.2) is 21.8 Å². The van der Waals surface area contributed by atoms with Crippen molar-refractivity contribution in [2.75, 3.05) is 107 Å². The molecule has 0 aromatic heterocycles. The monoisotopic (exact) mass is 1120 g/mol. The summed E-state index contributed by atoms with van der Waals surface area (Å²) in [4.78, 5) is 23.2. The molecule has 404 valence electrons. The second kappa shape index (κ2) is 27.2. The number of carbonyl (C=O) groups is 1. The van der Waals surface area contributed by atoms with Crippen LogP contribution in [0.15, 0.2) is 117 Å². The third-order valence-electron chi connectivity index (χ3n) is 13.8. The molecule has 74 heavy (non-hydrogen) atoms. The molecule has 20 heteroatoms. The number of anilines is 2. The second-order valence-corrected chi connectivity index (χ2v) is 26.1. The molecule has 4 aromatic rings. The van der Waals surface area contributed by atoms with Crippen LogP contribution in [0.25, 0.3) is 5.57 Å². The van der Waals surface area contributed by atoms with Gasteiger partial charge in [-0.25, -0.2) is 8.42 Å². The zero-order chi connectivity index (χ0) is 52.9. The van der Waals surface area contributed by atoms with Gasteiger partial charge in [-0.05, 0) is 136 Å². The fourth-order valence-electron chi connectivity index (χ4n) is 9.79. The fraction of sp³-hybridized carbons (Fsp3) is 0.500. The Morgan fingerprint density at radius 3 is 2.11 bits per heavy atom. The highest BCUT2D eigenvalue weighted by atomic mass is 35.5. The van der Waals surface area contributed by atoms with Gasteiger partial charge in [-0.3, -0.25) is 19.0 Å². The van der Waals surface area contributed by atoms with Gasteiger partial charge in [0.25, 0.3) is 5.91 Å². The summed E-state index contributed by atoms with van der Waals surface area (Å²) in [7, 11) is -8.85. The lowest BCUT2D eigenvalue weighted by molar-refractivity contribution is -0.0384. The van der Waals surface area contributed by atoms with E-state index in [0.717, 1.165) is 106 Å². The van der Waals surface area contributed by atoms with E-state index < -0.39 is 45.7 Å². The van der Waals surface area contributed by atoms with Crippen LogP contribution < -0.4 is 14.9 Å². The van der Waals surface area contributed by atoms with Crippen molar-refractivity contribution in [1.29, 1.82) is 0 Å². The summed E-state index contributed by atoms with van der Waals surface area (Å²) in [6.45, 7) is 17.8. The lowest BCUT2D eigenvalue weighted by Crippen LogP contribution is -2.47. The standard InChI is InChI=1S/C54H71ClF3N6O6PS3/c1-5-69-71(66,70-6-2)36-10-26-61-28-30-62(31-29-61)27-24-45(40-72-47-11-8-7-9-12-47)59-50-22-21-48(37-51(50)73(67)54(56,57)58)74(68)60-52(65)42-15-19-46(20-16-42)64-34-32-63(33-35-64)39-43-38-53(3,4)25-23-49(43)41-13-17-44(55)18-14-41/h7-9,11-22,37,45,59H,5-6,10,23-36,38-40H2,1-4H3,(H,60,65). The van der Waals surface area contributed by atoms with Crippen molar-refractivity contribution in [2.45, 2.75) is 86.0 Å². The zero-order valence-electron chi connectivity index (χ0n) is 42.9. The first kappa shape index (κ1) is 58.1. The molecule has 0 radical (unpaired) electrons. The van der Waals surface area contributed by atoms with Crippen LogP contribution in [0.3, 0.4) is 0 Å². The van der Waals surface area contributed by atoms with Crippen molar-refractivity contribution < 1.29 is 40.0 Å². The molecular formula is C54H71ClF3N6O6PS3. The number of benzene rings is 4. The summed E-state index contributed by atoms with van der Waals surface area (Å²) < 4.78 is 95.9. The van der Waals surface area contributed by atoms with Crippen molar-refractivity contribution >= 4 is 75.6 Å². The van der Waals surface area contributed by atoms with E-state index in [2.05, 4.69) is 55.6 Å². The van der Waals surface area contributed by atoms with Crippen LogP contribution in [0.5, 0.6) is 0 Å². The number of alkyl halides is 3. The Kier molecular flexibility index (Phi) is 21.3. The highest BCUT2D eigenvalue weighted by Gasteiger charge is 2.40. The number of hydrogen-bond donors (Lipinski definition) is 2. The predicted octanol–water partition coefficient (Wildman–Crippen LogP) is 11.4. The number of piperazine rings is 2. The maximum Gasteiger partial charge on any atom is 0.475 e. The first-order valence-corrected chi connectivity index (χ1v) is 31.0. The highest BCUT2D eigenvalue weighted by molar-refractivity contribution is 7.99. The number of nitrogens with zero attached hydrogens (tertiary/aromatic N) is 4. The molecule has 3 aliphatic rings. The lowest BCUT2D eigenvalue weighted by Gasteiger charge is -2.39. The van der Waals surface area contributed by atoms with Gasteiger partial charge in [-0.2, -0.15) is 13.2 Å². The number of thioether (sulfide) groups is 1. The van der Waals surface area contributed by atoms with Crippen molar-refractivity contribution in [2.24, 2.45) is 5.41 Å². The molecule has 0 saturated carbocycles. The third-order valence-corrected chi connectivity index (χ3v) is 19.6. The number of hydrogen-bond acceptors (Lipinski definition) is 12. The first-order valence-electron chi connectivity index (χ1n) is 25.6. The van der Waals surface area contributed by atoms with Crippen LogP contribution in [0, 0.1) is 5.41 Å². The number of carbonyl (C=O) groups excluding carboxylic acids is 1. The maximum atomic E-state index is 14.3. The predicted molar refractivity (Wildman–Crippen MR) is 296 cm³/mol. The van der Waals surface area contributed by atoms with E-state index in [0.29, 0.717) is 44.5 Å². The molecule has 4 aromatic carbocycles. The van der Waals surface area contributed by atoms with E-state index in [9.17, 15) is 30.9 Å². The molecule has 2 N–H and O–H groups in total. The van der Waals surface area contributed by atoms with Gasteiger partial charge < -0.3 is 29.1 Å². The summed E-state index contributed by atoms with van der Waals surface area (Å²) in [5.74, 6) is -0.155. The fourth-order valence-corrected chi connectivity index (χ4v) is 14.3. The van der Waals surface area contributed by atoms with Crippen molar-refractivity contribution in [1.82, 2.24) is 19.4 Å². The Labute approximate surface area is 450 Å². The van der Waals surface area contributed by atoms with Gasteiger partial charge >= 0.3 is 13.1 Å². The van der Waals surface area contributed by atoms with Crippen LogP contribution in [0.1, 0.15) is 75.7 Å². The Balaban J connectivity index is 0.952. The molecule has 2 aliphatic heterocycles. The maximum absolute atomic E-state index is 14.3. The molecule has 2 saturated heterocycles. The lowest BCUT2D eigenvalue weighted by atomic mass is 9.73. The number of rotatable bonds is 24. The van der Waals surface area contributed by atoms with Crippen LogP contribution in [0.2, 0.25) is 5.02 Å². The molecule has 12 nitrogen and oxygen atoms in total. The molecule has 1 aliphatic carbocycles. The van der Waals surface area contributed by atoms with Crippen LogP contribution in [-0.2, 0) is 35.4 Å². The Morgan fingerprint density at radius 2 is 1.47 bits per heavy atom. The topological polar surface area (TPSA) is 124 Å². The average molecular weight is 1120 g/mol. The van der Waals surface area contributed by atoms with Crippen LogP contribution in [0.4, 0.5) is 24.5 Å². The third kappa shape index (κ3) is 17.0. The van der Waals surface area contributed by atoms with Crippen molar-refractivity contribution in [3.05, 3.63) is 119 Å². The number of halogens is 4. The van der Waals surface area contributed by atoms with E-state index >= 15 is 0 Å². The SMILES string of the molecule is CCOP(=O)(CCCN1CCN(CCC(CSc2ccccc2)Nc2ccc(S(=O)NC(=O)c3ccc(N4CCN(CC5=C(c6ccc(Cl)cc6)CCC(C)(C)C5)CC4)cc3)cc2S(=O)C(F)(F)F)CC1)OCC. The van der Waals surface area contributed by atoms with Crippen LogP contribution >= 0.6 is 31.0 Å². The van der Waals surface area contributed by atoms with Gasteiger partial charge in [0.2, 0.25) is 0 Å². The molecule has 0 spiro atoms. The minimum atomic E-state index is -5.10. The van der Waals surface area contributed by atoms with Gasteiger partial charge in [-0.15, -0.1) is 11.8 Å². The van der Waals surface area contributed by atoms with Gasteiger partial charge in [0.05, 0.1) is 34.9 Å². The Hall–Kier alpha value is -3.55. The van der Waals surface area contributed by atoms with Gasteiger partial charge in [0, 0.05) is 98.4 Å². The Morgan fingerprint density at radius 1 is 0.838 bits per heavy atom. The minimum Gasteiger partial charge on any atom is -0.380 e. The van der Waals surface area contributed by atoms with Crippen molar-refractivity contribution in [3.63, 3.8) is 0 Å². The highest BCUT2D eigenvalue weighted by Crippen LogP contribution is 2.48. The minimum absolute atomic E-state index is 0.0155. The van der Waals surface area contributed by atoms with E-state index in [1.807, 2.05) is 54.6 Å². The van der Waals surface area contributed by atoms with E-state index in [1.54, 1.807) is 37.7 Å². The van der Waals surface area contributed by atoms with E-state index in [1.165, 1.54) is 28.8 Å². The molecule has 2 fully saturated rings. The quantitative estimate of drug-likeness (QED) is 0.0513. The number of amides is 1. The average Bonchev–Trinajstić information content (AvgIpc) is 3.38. The molecule has 3 atom stereocenters. The van der Waals surface area contributed by atoms with E-state index in [-0.39, 0.29) is 27.6 Å². The zero-order valence-corrected chi connectivity index (χ0v) is 47.0. The van der Waals surface area contributed by atoms with Gasteiger partial charge in [-0.1, -0.05) is 61.4 Å². The second-order valence-electron chi connectivity index (χ2n) is 19.8. The molecule has 1 amide bonds. The van der Waals surface area contributed by atoms with Crippen LogP contribution in [-0.4, -0.2) is 138 Å². The summed E-state index contributed by atoms with van der Waals surface area (Å²) >= 11 is 7.78. The molecule has 2 heterocycles. The number of allylic oxidation sites excluding steroid dienone is 1. The summed E-state index contributed by atoms with van der Waals surface area (Å²) in [6, 6.07) is 28.3. The van der Waals surface area contributed by atoms with E-state index in [4.69, 9.17) is 20.6 Å². The smallest absolute Gasteiger partial charge is 0.380 e. The summed E-state index contributed by atoms with van der Waals surface area (Å²) in [5, 5.41) is 4.01. The first-order chi connectivity index (χ1) is 35.4. The van der Waals surface area contributed by atoms with Gasteiger partial charge in [0.1, 0.15) is 0 Å².